The fourth-order valence-corrected chi connectivity index (χ4v) is 4.68. The standard InChI is InChI=1S/C18H20N2O5S/c19-17(21)18(22,14-6-2-1-3-7-14)15-8-4-5-9-16(15)26(23,24)20-10-12-25-13-11-20/h1-9,22H,10-13H2,(H2,19,21). The van der Waals surface area contributed by atoms with E-state index in [9.17, 15) is 18.3 Å². The van der Waals surface area contributed by atoms with Crippen LogP contribution in [-0.4, -0.2) is 50.0 Å². The average molecular weight is 376 g/mol. The molecule has 2 aromatic rings. The lowest BCUT2D eigenvalue weighted by atomic mass is 9.85. The van der Waals surface area contributed by atoms with E-state index in [-0.39, 0.29) is 29.1 Å². The van der Waals surface area contributed by atoms with Crippen molar-refractivity contribution >= 4 is 15.9 Å². The molecule has 1 heterocycles. The number of nitrogens with zero attached hydrogens (tertiary/aromatic N) is 1. The van der Waals surface area contributed by atoms with E-state index in [1.807, 2.05) is 0 Å². The Bertz CT molecular complexity index is 895. The number of hydrogen-bond acceptors (Lipinski definition) is 5. The lowest BCUT2D eigenvalue weighted by Gasteiger charge is -2.31. The van der Waals surface area contributed by atoms with Crippen molar-refractivity contribution in [2.45, 2.75) is 10.5 Å². The summed E-state index contributed by atoms with van der Waals surface area (Å²) in [4.78, 5) is 12.1. The second-order valence-corrected chi connectivity index (χ2v) is 7.86. The molecule has 0 radical (unpaired) electrons. The van der Waals surface area contributed by atoms with Crippen LogP contribution in [0.25, 0.3) is 0 Å². The molecule has 0 aliphatic carbocycles. The summed E-state index contributed by atoms with van der Waals surface area (Å²) in [6.07, 6.45) is 0. The minimum absolute atomic E-state index is 0.0646. The highest BCUT2D eigenvalue weighted by atomic mass is 32.2. The first-order valence-electron chi connectivity index (χ1n) is 8.13. The van der Waals surface area contributed by atoms with E-state index in [1.54, 1.807) is 30.3 Å². The number of primary amides is 1. The zero-order chi connectivity index (χ0) is 18.8. The molecule has 0 spiro atoms. The lowest BCUT2D eigenvalue weighted by molar-refractivity contribution is -0.133. The fraction of sp³-hybridized carbons (Fsp3) is 0.278. The number of ether oxygens (including phenoxy) is 1. The molecule has 1 amide bonds. The van der Waals surface area contributed by atoms with Gasteiger partial charge in [-0.2, -0.15) is 4.31 Å². The Morgan fingerprint density at radius 3 is 2.23 bits per heavy atom. The number of sulfonamides is 1. The summed E-state index contributed by atoms with van der Waals surface area (Å²) in [5, 5.41) is 11.2. The van der Waals surface area contributed by atoms with Crippen molar-refractivity contribution in [1.29, 1.82) is 0 Å². The summed E-state index contributed by atoms with van der Waals surface area (Å²) in [5.41, 5.74) is 3.38. The molecule has 2 aromatic carbocycles. The van der Waals surface area contributed by atoms with E-state index in [2.05, 4.69) is 0 Å². The van der Waals surface area contributed by atoms with Crippen molar-refractivity contribution < 1.29 is 23.1 Å². The molecule has 0 aromatic heterocycles. The number of carbonyl (C=O) groups excluding carboxylic acids is 1. The highest BCUT2D eigenvalue weighted by molar-refractivity contribution is 7.89. The first-order chi connectivity index (χ1) is 12.4. The molecule has 1 unspecified atom stereocenters. The van der Waals surface area contributed by atoms with Crippen LogP contribution in [0.1, 0.15) is 11.1 Å². The number of benzene rings is 2. The van der Waals surface area contributed by atoms with Crippen LogP contribution in [0.3, 0.4) is 0 Å². The fourth-order valence-electron chi connectivity index (χ4n) is 3.03. The van der Waals surface area contributed by atoms with Gasteiger partial charge in [-0.1, -0.05) is 48.5 Å². The molecular formula is C18H20N2O5S. The summed E-state index contributed by atoms with van der Waals surface area (Å²) < 4.78 is 32.7. The van der Waals surface area contributed by atoms with Gasteiger partial charge in [0.25, 0.3) is 5.91 Å². The van der Waals surface area contributed by atoms with Gasteiger partial charge in [0.1, 0.15) is 0 Å². The molecule has 8 heteroatoms. The predicted molar refractivity (Wildman–Crippen MR) is 94.7 cm³/mol. The van der Waals surface area contributed by atoms with Gasteiger partial charge in [-0.05, 0) is 11.6 Å². The second kappa shape index (κ2) is 7.16. The Hall–Kier alpha value is -2.26. The number of hydrogen-bond donors (Lipinski definition) is 2. The van der Waals surface area contributed by atoms with Crippen molar-refractivity contribution in [1.82, 2.24) is 4.31 Å². The normalized spacial score (nSPS) is 18.2. The summed E-state index contributed by atoms with van der Waals surface area (Å²) in [6.45, 7) is 0.994. The predicted octanol–water partition coefficient (Wildman–Crippen LogP) is 0.429. The van der Waals surface area contributed by atoms with E-state index >= 15 is 0 Å². The van der Waals surface area contributed by atoms with Crippen molar-refractivity contribution in [3.05, 3.63) is 65.7 Å². The molecule has 3 N–H and O–H groups in total. The highest BCUT2D eigenvalue weighted by Crippen LogP contribution is 2.35. The molecule has 138 valence electrons. The lowest BCUT2D eigenvalue weighted by Crippen LogP contribution is -2.45. The van der Waals surface area contributed by atoms with E-state index in [0.717, 1.165) is 0 Å². The molecular weight excluding hydrogens is 356 g/mol. The van der Waals surface area contributed by atoms with Crippen molar-refractivity contribution in [2.24, 2.45) is 5.73 Å². The summed E-state index contributed by atoms with van der Waals surface area (Å²) in [7, 11) is -3.93. The van der Waals surface area contributed by atoms with Crippen LogP contribution in [0, 0.1) is 0 Å². The summed E-state index contributed by atoms with van der Waals surface area (Å²) in [6, 6.07) is 14.0. The smallest absolute Gasteiger partial charge is 0.258 e. The molecule has 1 aliphatic rings. The minimum atomic E-state index is -3.93. The van der Waals surface area contributed by atoms with Crippen LogP contribution >= 0.6 is 0 Å². The van der Waals surface area contributed by atoms with Gasteiger partial charge in [-0.3, -0.25) is 4.79 Å². The number of carbonyl (C=O) groups is 1. The maximum absolute atomic E-state index is 13.1. The monoisotopic (exact) mass is 376 g/mol. The van der Waals surface area contributed by atoms with Crippen LogP contribution in [0.4, 0.5) is 0 Å². The van der Waals surface area contributed by atoms with Gasteiger partial charge in [0.05, 0.1) is 18.1 Å². The van der Waals surface area contributed by atoms with Crippen molar-refractivity contribution in [3.63, 3.8) is 0 Å². The Labute approximate surface area is 152 Å². The van der Waals surface area contributed by atoms with E-state index in [4.69, 9.17) is 10.5 Å². The van der Waals surface area contributed by atoms with Crippen LogP contribution < -0.4 is 5.73 Å². The second-order valence-electron chi connectivity index (χ2n) is 5.95. The number of morpholine rings is 1. The van der Waals surface area contributed by atoms with E-state index < -0.39 is 21.5 Å². The van der Waals surface area contributed by atoms with Gasteiger partial charge in [0, 0.05) is 18.7 Å². The van der Waals surface area contributed by atoms with Gasteiger partial charge in [-0.15, -0.1) is 0 Å². The van der Waals surface area contributed by atoms with Crippen LogP contribution in [-0.2, 0) is 25.2 Å². The molecule has 1 fully saturated rings. The summed E-state index contributed by atoms with van der Waals surface area (Å²) in [5.74, 6) is -1.05. The van der Waals surface area contributed by atoms with Crippen LogP contribution in [0.5, 0.6) is 0 Å². The average Bonchev–Trinajstić information content (AvgIpc) is 2.68. The number of nitrogens with two attached hydrogens (primary N) is 1. The number of amides is 1. The number of rotatable bonds is 5. The Morgan fingerprint density at radius 2 is 1.62 bits per heavy atom. The molecule has 26 heavy (non-hydrogen) atoms. The third-order valence-corrected chi connectivity index (χ3v) is 6.37. The van der Waals surface area contributed by atoms with Gasteiger partial charge in [-0.25, -0.2) is 8.42 Å². The zero-order valence-corrected chi connectivity index (χ0v) is 14.9. The van der Waals surface area contributed by atoms with Gasteiger partial charge in [0.15, 0.2) is 5.60 Å². The molecule has 0 bridgehead atoms. The SMILES string of the molecule is NC(=O)C(O)(c1ccccc1)c1ccccc1S(=O)(=O)N1CCOCC1. The van der Waals surface area contributed by atoms with Gasteiger partial charge in [0.2, 0.25) is 10.0 Å². The van der Waals surface area contributed by atoms with Gasteiger partial charge < -0.3 is 15.6 Å². The maximum atomic E-state index is 13.1. The Balaban J connectivity index is 2.18. The Kier molecular flexibility index (Phi) is 5.10. The van der Waals surface area contributed by atoms with Gasteiger partial charge >= 0.3 is 0 Å². The molecule has 3 rings (SSSR count). The Morgan fingerprint density at radius 1 is 1.04 bits per heavy atom. The number of aliphatic hydroxyl groups is 1. The topological polar surface area (TPSA) is 110 Å². The third kappa shape index (κ3) is 3.12. The minimum Gasteiger partial charge on any atom is -0.379 e. The molecule has 1 saturated heterocycles. The van der Waals surface area contributed by atoms with E-state index in [0.29, 0.717) is 13.2 Å². The van der Waals surface area contributed by atoms with Crippen molar-refractivity contribution in [2.75, 3.05) is 26.3 Å². The van der Waals surface area contributed by atoms with Crippen molar-refractivity contribution in [3.8, 4) is 0 Å². The highest BCUT2D eigenvalue weighted by Gasteiger charge is 2.43. The molecule has 7 nitrogen and oxygen atoms in total. The molecule has 1 aliphatic heterocycles. The summed E-state index contributed by atoms with van der Waals surface area (Å²) >= 11 is 0. The first-order valence-corrected chi connectivity index (χ1v) is 9.57. The zero-order valence-electron chi connectivity index (χ0n) is 14.0. The molecule has 1 atom stereocenters. The largest absolute Gasteiger partial charge is 0.379 e. The van der Waals surface area contributed by atoms with Crippen LogP contribution in [0.15, 0.2) is 59.5 Å². The quantitative estimate of drug-likeness (QED) is 0.786. The third-order valence-electron chi connectivity index (χ3n) is 4.41. The first kappa shape index (κ1) is 18.5. The van der Waals surface area contributed by atoms with Crippen LogP contribution in [0.2, 0.25) is 0 Å². The maximum Gasteiger partial charge on any atom is 0.258 e. The van der Waals surface area contributed by atoms with E-state index in [1.165, 1.54) is 28.6 Å². The molecule has 0 saturated carbocycles.